The van der Waals surface area contributed by atoms with Gasteiger partial charge in [-0.05, 0) is 71.6 Å². The van der Waals surface area contributed by atoms with E-state index in [1.807, 2.05) is 6.20 Å². The lowest BCUT2D eigenvalue weighted by atomic mass is 9.94. The normalized spacial score (nSPS) is 12.4. The average molecular weight is 347 g/mol. The smallest absolute Gasteiger partial charge is 0.0423 e. The van der Waals surface area contributed by atoms with Crippen molar-refractivity contribution in [1.82, 2.24) is 10.3 Å². The molecule has 1 aromatic carbocycles. The fourth-order valence-electron chi connectivity index (χ4n) is 2.50. The van der Waals surface area contributed by atoms with E-state index in [-0.39, 0.29) is 0 Å². The molecular formula is C18H23BrN2. The molecule has 0 aliphatic carbocycles. The summed E-state index contributed by atoms with van der Waals surface area (Å²) in [6.07, 6.45) is 3.92. The van der Waals surface area contributed by atoms with Crippen molar-refractivity contribution in [3.63, 3.8) is 0 Å². The van der Waals surface area contributed by atoms with Gasteiger partial charge in [0.15, 0.2) is 0 Å². The van der Waals surface area contributed by atoms with Crippen LogP contribution in [0.5, 0.6) is 0 Å². The van der Waals surface area contributed by atoms with Crippen molar-refractivity contribution in [3.05, 3.63) is 63.4 Å². The number of halogens is 1. The Bertz CT molecular complexity index is 578. The van der Waals surface area contributed by atoms with Gasteiger partial charge in [-0.3, -0.25) is 4.98 Å². The minimum Gasteiger partial charge on any atom is -0.310 e. The molecule has 1 unspecified atom stereocenters. The van der Waals surface area contributed by atoms with Gasteiger partial charge in [-0.25, -0.2) is 0 Å². The molecular weight excluding hydrogens is 324 g/mol. The summed E-state index contributed by atoms with van der Waals surface area (Å²) in [4.78, 5) is 4.52. The van der Waals surface area contributed by atoms with Gasteiger partial charge in [0.1, 0.15) is 0 Å². The zero-order valence-corrected chi connectivity index (χ0v) is 14.6. The number of aryl methyl sites for hydroxylation is 1. The highest BCUT2D eigenvalue weighted by Crippen LogP contribution is 2.24. The van der Waals surface area contributed by atoms with Crippen molar-refractivity contribution in [2.24, 2.45) is 0 Å². The van der Waals surface area contributed by atoms with E-state index in [1.54, 1.807) is 0 Å². The zero-order valence-electron chi connectivity index (χ0n) is 13.0. The minimum atomic E-state index is 0.318. The van der Waals surface area contributed by atoms with Crippen LogP contribution in [0.15, 0.2) is 41.0 Å². The van der Waals surface area contributed by atoms with Crippen LogP contribution >= 0.6 is 15.9 Å². The number of nitrogens with zero attached hydrogens (tertiary/aromatic N) is 1. The van der Waals surface area contributed by atoms with Crippen LogP contribution < -0.4 is 5.32 Å². The first-order chi connectivity index (χ1) is 10.1. The van der Waals surface area contributed by atoms with E-state index in [4.69, 9.17) is 0 Å². The fraction of sp³-hybridized carbons (Fsp3) is 0.389. The monoisotopic (exact) mass is 346 g/mol. The second-order valence-electron chi connectivity index (χ2n) is 5.47. The van der Waals surface area contributed by atoms with Crippen LogP contribution in [0.2, 0.25) is 0 Å². The molecule has 0 saturated carbocycles. The SMILES string of the molecule is CCCNC(Cc1ccc(Br)cn1)c1cccc(C)c1C. The Balaban J connectivity index is 2.25. The van der Waals surface area contributed by atoms with E-state index < -0.39 is 0 Å². The summed E-state index contributed by atoms with van der Waals surface area (Å²) in [5, 5.41) is 3.67. The predicted molar refractivity (Wildman–Crippen MR) is 92.6 cm³/mol. The fourth-order valence-corrected chi connectivity index (χ4v) is 2.73. The molecule has 3 heteroatoms. The lowest BCUT2D eigenvalue weighted by Gasteiger charge is -2.21. The molecule has 1 N–H and O–H groups in total. The predicted octanol–water partition coefficient (Wildman–Crippen LogP) is 4.74. The van der Waals surface area contributed by atoms with Gasteiger partial charge < -0.3 is 5.32 Å². The average Bonchev–Trinajstić information content (AvgIpc) is 2.48. The first-order valence-electron chi connectivity index (χ1n) is 7.51. The summed E-state index contributed by atoms with van der Waals surface area (Å²) in [5.41, 5.74) is 5.23. The molecule has 1 heterocycles. The first-order valence-corrected chi connectivity index (χ1v) is 8.31. The summed E-state index contributed by atoms with van der Waals surface area (Å²) in [7, 11) is 0. The topological polar surface area (TPSA) is 24.9 Å². The third-order valence-corrected chi connectivity index (χ3v) is 4.33. The molecule has 1 atom stereocenters. The summed E-state index contributed by atoms with van der Waals surface area (Å²) >= 11 is 3.44. The quantitative estimate of drug-likeness (QED) is 0.816. The van der Waals surface area contributed by atoms with Crippen LogP contribution in [0, 0.1) is 13.8 Å². The lowest BCUT2D eigenvalue weighted by molar-refractivity contribution is 0.522. The number of pyridine rings is 1. The summed E-state index contributed by atoms with van der Waals surface area (Å²) in [6, 6.07) is 11.0. The van der Waals surface area contributed by atoms with Crippen LogP contribution in [0.1, 0.15) is 41.8 Å². The Hall–Kier alpha value is -1.19. The number of rotatable bonds is 6. The van der Waals surface area contributed by atoms with Crippen LogP contribution in [0.25, 0.3) is 0 Å². The maximum atomic E-state index is 4.52. The van der Waals surface area contributed by atoms with Crippen molar-refractivity contribution in [2.45, 2.75) is 39.7 Å². The highest BCUT2D eigenvalue weighted by molar-refractivity contribution is 9.10. The number of nitrogens with one attached hydrogen (secondary N) is 1. The van der Waals surface area contributed by atoms with Gasteiger partial charge in [0.2, 0.25) is 0 Å². The van der Waals surface area contributed by atoms with Crippen molar-refractivity contribution in [1.29, 1.82) is 0 Å². The standard InChI is InChI=1S/C18H23BrN2/c1-4-10-20-18(11-16-9-8-15(19)12-21-16)17-7-5-6-13(2)14(17)3/h5-9,12,18,20H,4,10-11H2,1-3H3. The molecule has 0 bridgehead atoms. The van der Waals surface area contributed by atoms with E-state index in [0.717, 1.165) is 29.6 Å². The van der Waals surface area contributed by atoms with Gasteiger partial charge in [-0.1, -0.05) is 25.1 Å². The number of hydrogen-bond acceptors (Lipinski definition) is 2. The molecule has 0 spiro atoms. The number of hydrogen-bond donors (Lipinski definition) is 1. The Morgan fingerprint density at radius 3 is 2.67 bits per heavy atom. The van der Waals surface area contributed by atoms with Crippen LogP contribution in [-0.4, -0.2) is 11.5 Å². The second-order valence-corrected chi connectivity index (χ2v) is 6.38. The second kappa shape index (κ2) is 7.71. The van der Waals surface area contributed by atoms with Gasteiger partial charge in [-0.15, -0.1) is 0 Å². The lowest BCUT2D eigenvalue weighted by Crippen LogP contribution is -2.25. The molecule has 0 aliphatic rings. The Kier molecular flexibility index (Phi) is 5.95. The molecule has 1 aromatic heterocycles. The first kappa shape index (κ1) is 16.2. The van der Waals surface area contributed by atoms with Crippen LogP contribution in [-0.2, 0) is 6.42 Å². The summed E-state index contributed by atoms with van der Waals surface area (Å²) < 4.78 is 1.02. The molecule has 2 aromatic rings. The van der Waals surface area contributed by atoms with E-state index in [1.165, 1.54) is 16.7 Å². The van der Waals surface area contributed by atoms with Gasteiger partial charge >= 0.3 is 0 Å². The summed E-state index contributed by atoms with van der Waals surface area (Å²) in [5.74, 6) is 0. The Morgan fingerprint density at radius 2 is 2.00 bits per heavy atom. The van der Waals surface area contributed by atoms with Crippen LogP contribution in [0.4, 0.5) is 0 Å². The van der Waals surface area contributed by atoms with E-state index >= 15 is 0 Å². The van der Waals surface area contributed by atoms with Gasteiger partial charge in [0.25, 0.3) is 0 Å². The minimum absolute atomic E-state index is 0.318. The third kappa shape index (κ3) is 4.39. The summed E-state index contributed by atoms with van der Waals surface area (Å²) in [6.45, 7) is 7.60. The Labute approximate surface area is 136 Å². The van der Waals surface area contributed by atoms with E-state index in [0.29, 0.717) is 6.04 Å². The van der Waals surface area contributed by atoms with Gasteiger partial charge in [0.05, 0.1) is 0 Å². The molecule has 0 fully saturated rings. The third-order valence-electron chi connectivity index (χ3n) is 3.86. The van der Waals surface area contributed by atoms with Crippen molar-refractivity contribution in [2.75, 3.05) is 6.54 Å². The molecule has 2 rings (SSSR count). The Morgan fingerprint density at radius 1 is 1.19 bits per heavy atom. The highest BCUT2D eigenvalue weighted by atomic mass is 79.9. The highest BCUT2D eigenvalue weighted by Gasteiger charge is 2.15. The van der Waals surface area contributed by atoms with Gasteiger partial charge in [0, 0.05) is 28.8 Å². The molecule has 0 radical (unpaired) electrons. The number of aromatic nitrogens is 1. The van der Waals surface area contributed by atoms with Gasteiger partial charge in [-0.2, -0.15) is 0 Å². The maximum absolute atomic E-state index is 4.52. The molecule has 0 saturated heterocycles. The van der Waals surface area contributed by atoms with Crippen LogP contribution in [0.3, 0.4) is 0 Å². The number of benzene rings is 1. The zero-order chi connectivity index (χ0) is 15.2. The molecule has 0 aliphatic heterocycles. The molecule has 0 amide bonds. The van der Waals surface area contributed by atoms with E-state index in [9.17, 15) is 0 Å². The molecule has 112 valence electrons. The van der Waals surface area contributed by atoms with Crippen molar-refractivity contribution >= 4 is 15.9 Å². The molecule has 2 nitrogen and oxygen atoms in total. The van der Waals surface area contributed by atoms with Crippen molar-refractivity contribution < 1.29 is 0 Å². The molecule has 21 heavy (non-hydrogen) atoms. The van der Waals surface area contributed by atoms with Crippen molar-refractivity contribution in [3.8, 4) is 0 Å². The maximum Gasteiger partial charge on any atom is 0.0423 e. The van der Waals surface area contributed by atoms with E-state index in [2.05, 4.69) is 77.3 Å². The largest absolute Gasteiger partial charge is 0.310 e.